The van der Waals surface area contributed by atoms with Crippen LogP contribution < -0.4 is 0 Å². The van der Waals surface area contributed by atoms with Gasteiger partial charge >= 0.3 is 0 Å². The predicted molar refractivity (Wildman–Crippen MR) is 67.4 cm³/mol. The lowest BCUT2D eigenvalue weighted by atomic mass is 10.1. The molecule has 0 atom stereocenters. The minimum atomic E-state index is -1.22. The van der Waals surface area contributed by atoms with Crippen LogP contribution in [-0.2, 0) is 5.60 Å². The van der Waals surface area contributed by atoms with Gasteiger partial charge in [-0.15, -0.1) is 0 Å². The van der Waals surface area contributed by atoms with E-state index in [1.807, 2.05) is 0 Å². The van der Waals surface area contributed by atoms with Crippen molar-refractivity contribution in [2.24, 2.45) is 0 Å². The van der Waals surface area contributed by atoms with Crippen LogP contribution in [0.1, 0.15) is 25.4 Å². The van der Waals surface area contributed by atoms with Gasteiger partial charge in [0.25, 0.3) is 0 Å². The van der Waals surface area contributed by atoms with Gasteiger partial charge in [-0.05, 0) is 39.0 Å². The van der Waals surface area contributed by atoms with Gasteiger partial charge in [-0.2, -0.15) is 0 Å². The number of aromatic nitrogens is 2. The van der Waals surface area contributed by atoms with Crippen LogP contribution in [-0.4, -0.2) is 15.1 Å². The first-order valence-electron chi connectivity index (χ1n) is 5.81. The second kappa shape index (κ2) is 4.66. The molecule has 100 valence electrons. The molecule has 1 N–H and O–H groups in total. The van der Waals surface area contributed by atoms with Gasteiger partial charge < -0.3 is 5.11 Å². The van der Waals surface area contributed by atoms with Crippen LogP contribution in [0.5, 0.6) is 0 Å². The van der Waals surface area contributed by atoms with Gasteiger partial charge in [-0.1, -0.05) is 0 Å². The zero-order chi connectivity index (χ0) is 14.2. The SMILES string of the molecule is Cc1cc(-c2ccc(F)cc2F)nc(C(C)(C)O)n1. The van der Waals surface area contributed by atoms with Crippen molar-refractivity contribution < 1.29 is 13.9 Å². The van der Waals surface area contributed by atoms with E-state index in [0.717, 1.165) is 6.07 Å². The Bertz CT molecular complexity index is 621. The van der Waals surface area contributed by atoms with Crippen molar-refractivity contribution >= 4 is 0 Å². The van der Waals surface area contributed by atoms with E-state index in [-0.39, 0.29) is 11.4 Å². The monoisotopic (exact) mass is 264 g/mol. The maximum Gasteiger partial charge on any atom is 0.160 e. The lowest BCUT2D eigenvalue weighted by Gasteiger charge is -2.17. The van der Waals surface area contributed by atoms with Gasteiger partial charge in [0.2, 0.25) is 0 Å². The Balaban J connectivity index is 2.59. The molecule has 1 heterocycles. The molecular weight excluding hydrogens is 250 g/mol. The summed E-state index contributed by atoms with van der Waals surface area (Å²) in [7, 11) is 0. The second-order valence-corrected chi connectivity index (χ2v) is 4.90. The minimum Gasteiger partial charge on any atom is -0.382 e. The summed E-state index contributed by atoms with van der Waals surface area (Å²) in [5.41, 5.74) is -0.123. The highest BCUT2D eigenvalue weighted by atomic mass is 19.1. The van der Waals surface area contributed by atoms with Crippen LogP contribution in [0.25, 0.3) is 11.3 Å². The van der Waals surface area contributed by atoms with Crippen molar-refractivity contribution in [1.82, 2.24) is 9.97 Å². The van der Waals surface area contributed by atoms with E-state index < -0.39 is 17.2 Å². The molecule has 0 bridgehead atoms. The van der Waals surface area contributed by atoms with Crippen LogP contribution in [0, 0.1) is 18.6 Å². The number of aliphatic hydroxyl groups is 1. The topological polar surface area (TPSA) is 46.0 Å². The first kappa shape index (κ1) is 13.5. The maximum atomic E-state index is 13.7. The Morgan fingerprint density at radius 1 is 1.11 bits per heavy atom. The Morgan fingerprint density at radius 3 is 2.37 bits per heavy atom. The Hall–Kier alpha value is -1.88. The molecule has 1 aromatic carbocycles. The molecule has 1 aromatic heterocycles. The summed E-state index contributed by atoms with van der Waals surface area (Å²) < 4.78 is 26.6. The molecule has 0 amide bonds. The van der Waals surface area contributed by atoms with Crippen molar-refractivity contribution in [3.63, 3.8) is 0 Å². The Labute approximate surface area is 110 Å². The number of hydrogen-bond donors (Lipinski definition) is 1. The molecule has 19 heavy (non-hydrogen) atoms. The van der Waals surface area contributed by atoms with E-state index in [1.165, 1.54) is 12.1 Å². The molecule has 2 aromatic rings. The van der Waals surface area contributed by atoms with Crippen LogP contribution in [0.2, 0.25) is 0 Å². The summed E-state index contributed by atoms with van der Waals surface area (Å²) in [5.74, 6) is -1.14. The Kier molecular flexibility index (Phi) is 3.32. The lowest BCUT2D eigenvalue weighted by Crippen LogP contribution is -2.20. The minimum absolute atomic E-state index is 0.178. The van der Waals surface area contributed by atoms with E-state index in [0.29, 0.717) is 11.4 Å². The molecule has 0 spiro atoms. The third-order valence-corrected chi connectivity index (χ3v) is 2.61. The van der Waals surface area contributed by atoms with E-state index >= 15 is 0 Å². The molecule has 0 unspecified atom stereocenters. The van der Waals surface area contributed by atoms with Crippen LogP contribution in [0.3, 0.4) is 0 Å². The summed E-state index contributed by atoms with van der Waals surface area (Å²) in [5, 5.41) is 9.92. The standard InChI is InChI=1S/C14H14F2N2O/c1-8-6-12(18-13(17-8)14(2,3)19)10-5-4-9(15)7-11(10)16/h4-7,19H,1-3H3. The van der Waals surface area contributed by atoms with Crippen molar-refractivity contribution in [3.8, 4) is 11.3 Å². The van der Waals surface area contributed by atoms with Crippen molar-refractivity contribution in [2.75, 3.05) is 0 Å². The second-order valence-electron chi connectivity index (χ2n) is 4.90. The van der Waals surface area contributed by atoms with E-state index in [4.69, 9.17) is 0 Å². The fourth-order valence-corrected chi connectivity index (χ4v) is 1.68. The van der Waals surface area contributed by atoms with Crippen LogP contribution in [0.4, 0.5) is 8.78 Å². The fraction of sp³-hybridized carbons (Fsp3) is 0.286. The van der Waals surface area contributed by atoms with Gasteiger partial charge in [-0.25, -0.2) is 18.7 Å². The first-order valence-corrected chi connectivity index (χ1v) is 5.81. The molecule has 0 fully saturated rings. The number of halogens is 2. The summed E-state index contributed by atoms with van der Waals surface area (Å²) >= 11 is 0. The quantitative estimate of drug-likeness (QED) is 0.907. The molecule has 5 heteroatoms. The van der Waals surface area contributed by atoms with Gasteiger partial charge in [0.15, 0.2) is 5.82 Å². The van der Waals surface area contributed by atoms with Gasteiger partial charge in [0.05, 0.1) is 5.69 Å². The van der Waals surface area contributed by atoms with Gasteiger partial charge in [0, 0.05) is 17.3 Å². The highest BCUT2D eigenvalue weighted by Crippen LogP contribution is 2.25. The van der Waals surface area contributed by atoms with Gasteiger partial charge in [0.1, 0.15) is 17.2 Å². The van der Waals surface area contributed by atoms with Gasteiger partial charge in [-0.3, -0.25) is 0 Å². The molecular formula is C14H14F2N2O. The van der Waals surface area contributed by atoms with E-state index in [2.05, 4.69) is 9.97 Å². The summed E-state index contributed by atoms with van der Waals surface area (Å²) in [6.45, 7) is 4.82. The highest BCUT2D eigenvalue weighted by molar-refractivity contribution is 5.60. The summed E-state index contributed by atoms with van der Waals surface area (Å²) in [6.07, 6.45) is 0. The molecule has 0 saturated carbocycles. The summed E-state index contributed by atoms with van der Waals surface area (Å²) in [4.78, 5) is 8.26. The largest absolute Gasteiger partial charge is 0.382 e. The molecule has 0 saturated heterocycles. The average Bonchev–Trinajstić information content (AvgIpc) is 2.26. The fourth-order valence-electron chi connectivity index (χ4n) is 1.68. The average molecular weight is 264 g/mol. The molecule has 0 radical (unpaired) electrons. The number of rotatable bonds is 2. The predicted octanol–water partition coefficient (Wildman–Crippen LogP) is 2.96. The zero-order valence-electron chi connectivity index (χ0n) is 10.9. The molecule has 2 rings (SSSR count). The number of aryl methyl sites for hydroxylation is 1. The third-order valence-electron chi connectivity index (χ3n) is 2.61. The maximum absolute atomic E-state index is 13.7. The van der Waals surface area contributed by atoms with Crippen molar-refractivity contribution in [3.05, 3.63) is 47.4 Å². The lowest BCUT2D eigenvalue weighted by molar-refractivity contribution is 0.0686. The zero-order valence-corrected chi connectivity index (χ0v) is 10.9. The number of nitrogens with zero attached hydrogens (tertiary/aromatic N) is 2. The third kappa shape index (κ3) is 2.93. The number of benzene rings is 1. The Morgan fingerprint density at radius 2 is 1.79 bits per heavy atom. The van der Waals surface area contributed by atoms with E-state index in [1.54, 1.807) is 26.8 Å². The van der Waals surface area contributed by atoms with Crippen LogP contribution in [0.15, 0.2) is 24.3 Å². The molecule has 0 aliphatic carbocycles. The molecule has 0 aliphatic rings. The number of hydrogen-bond acceptors (Lipinski definition) is 3. The smallest absolute Gasteiger partial charge is 0.160 e. The molecule has 0 aliphatic heterocycles. The normalized spacial score (nSPS) is 11.7. The van der Waals surface area contributed by atoms with Crippen LogP contribution >= 0.6 is 0 Å². The summed E-state index contributed by atoms with van der Waals surface area (Å²) in [6, 6.07) is 4.88. The van der Waals surface area contributed by atoms with Crippen molar-refractivity contribution in [2.45, 2.75) is 26.4 Å². The van der Waals surface area contributed by atoms with Crippen molar-refractivity contribution in [1.29, 1.82) is 0 Å². The highest BCUT2D eigenvalue weighted by Gasteiger charge is 2.21. The first-order chi connectivity index (χ1) is 8.77. The molecule has 3 nitrogen and oxygen atoms in total. The van der Waals surface area contributed by atoms with E-state index in [9.17, 15) is 13.9 Å².